The summed E-state index contributed by atoms with van der Waals surface area (Å²) in [4.78, 5) is 8.85. The zero-order valence-corrected chi connectivity index (χ0v) is 11.9. The summed E-state index contributed by atoms with van der Waals surface area (Å²) in [6, 6.07) is 7.88. The molecule has 1 N–H and O–H groups in total. The predicted molar refractivity (Wildman–Crippen MR) is 79.6 cm³/mol. The van der Waals surface area contributed by atoms with E-state index in [1.54, 1.807) is 24.4 Å². The van der Waals surface area contributed by atoms with Crippen LogP contribution < -0.4 is 0 Å². The Morgan fingerprint density at radius 3 is 2.71 bits per heavy atom. The maximum Gasteiger partial charge on any atom is 0.160 e. The molecular weight excluding hydrogens is 293 g/mol. The third kappa shape index (κ3) is 2.75. The number of aromatic nitrogens is 3. The molecule has 2 heterocycles. The van der Waals surface area contributed by atoms with Crippen molar-refractivity contribution >= 4 is 22.8 Å². The number of imidazole rings is 1. The van der Waals surface area contributed by atoms with Gasteiger partial charge >= 0.3 is 0 Å². The van der Waals surface area contributed by atoms with Crippen LogP contribution in [0.2, 0.25) is 5.02 Å². The third-order valence-corrected chi connectivity index (χ3v) is 3.40. The molecule has 0 aliphatic carbocycles. The number of hydrogen-bond acceptors (Lipinski definition) is 3. The van der Waals surface area contributed by atoms with E-state index in [4.69, 9.17) is 16.7 Å². The van der Waals surface area contributed by atoms with Crippen LogP contribution in [-0.2, 0) is 6.54 Å². The van der Waals surface area contributed by atoms with Gasteiger partial charge in [0.05, 0.1) is 5.02 Å². The number of benzene rings is 1. The van der Waals surface area contributed by atoms with Gasteiger partial charge in [0, 0.05) is 24.9 Å². The summed E-state index contributed by atoms with van der Waals surface area (Å²) >= 11 is 5.95. The minimum atomic E-state index is -0.294. The summed E-state index contributed by atoms with van der Waals surface area (Å²) in [6.07, 6.45) is 2.15. The lowest BCUT2D eigenvalue weighted by molar-refractivity contribution is 0.280. The molecule has 108 valence electrons. The van der Waals surface area contributed by atoms with Crippen molar-refractivity contribution in [3.05, 3.63) is 47.4 Å². The van der Waals surface area contributed by atoms with Crippen molar-refractivity contribution in [3.8, 4) is 11.4 Å². The molecule has 6 heteroatoms. The van der Waals surface area contributed by atoms with Gasteiger partial charge in [0.2, 0.25) is 0 Å². The maximum absolute atomic E-state index is 13.1. The van der Waals surface area contributed by atoms with Crippen molar-refractivity contribution in [1.82, 2.24) is 14.5 Å². The second-order valence-corrected chi connectivity index (χ2v) is 5.10. The van der Waals surface area contributed by atoms with Gasteiger partial charge in [0.15, 0.2) is 5.65 Å². The zero-order chi connectivity index (χ0) is 14.8. The molecule has 4 nitrogen and oxygen atoms in total. The Morgan fingerprint density at radius 2 is 2.00 bits per heavy atom. The Balaban J connectivity index is 2.17. The van der Waals surface area contributed by atoms with Crippen LogP contribution in [0.1, 0.15) is 6.42 Å². The quantitative estimate of drug-likeness (QED) is 0.805. The molecule has 21 heavy (non-hydrogen) atoms. The van der Waals surface area contributed by atoms with Gasteiger partial charge in [-0.15, -0.1) is 0 Å². The molecule has 1 aromatic carbocycles. The first kappa shape index (κ1) is 14.0. The largest absolute Gasteiger partial charge is 0.396 e. The van der Waals surface area contributed by atoms with E-state index in [1.165, 1.54) is 12.1 Å². The lowest BCUT2D eigenvalue weighted by Crippen LogP contribution is -2.03. The minimum absolute atomic E-state index is 0.0795. The van der Waals surface area contributed by atoms with Crippen LogP contribution >= 0.6 is 11.6 Å². The molecule has 0 aliphatic heterocycles. The van der Waals surface area contributed by atoms with E-state index in [-0.39, 0.29) is 12.4 Å². The SMILES string of the molecule is OCCCn1c(-c2ccc(F)cc2)nc2cc(Cl)cnc21. The summed E-state index contributed by atoms with van der Waals surface area (Å²) in [5.74, 6) is 0.395. The Bertz CT molecular complexity index is 770. The first-order chi connectivity index (χ1) is 10.2. The summed E-state index contributed by atoms with van der Waals surface area (Å²) in [7, 11) is 0. The molecule has 0 saturated carbocycles. The lowest BCUT2D eigenvalue weighted by Gasteiger charge is -2.07. The molecule has 0 atom stereocenters. The van der Waals surface area contributed by atoms with E-state index < -0.39 is 0 Å². The van der Waals surface area contributed by atoms with E-state index in [9.17, 15) is 4.39 Å². The maximum atomic E-state index is 13.1. The molecule has 2 aromatic heterocycles. The number of aryl methyl sites for hydroxylation is 1. The average molecular weight is 306 g/mol. The van der Waals surface area contributed by atoms with Crippen molar-refractivity contribution in [2.75, 3.05) is 6.61 Å². The van der Waals surface area contributed by atoms with Gasteiger partial charge in [0.1, 0.15) is 17.2 Å². The van der Waals surface area contributed by atoms with Crippen LogP contribution in [0.3, 0.4) is 0 Å². The van der Waals surface area contributed by atoms with Crippen molar-refractivity contribution < 1.29 is 9.50 Å². The lowest BCUT2D eigenvalue weighted by atomic mass is 10.2. The van der Waals surface area contributed by atoms with Gasteiger partial charge in [0.25, 0.3) is 0 Å². The zero-order valence-electron chi connectivity index (χ0n) is 11.1. The molecule has 0 bridgehead atoms. The fourth-order valence-corrected chi connectivity index (χ4v) is 2.40. The van der Waals surface area contributed by atoms with Crippen LogP contribution in [0.4, 0.5) is 4.39 Å². The molecule has 0 spiro atoms. The summed E-state index contributed by atoms with van der Waals surface area (Å²) in [6.45, 7) is 0.657. The second-order valence-electron chi connectivity index (χ2n) is 4.67. The summed E-state index contributed by atoms with van der Waals surface area (Å²) < 4.78 is 15.0. The van der Waals surface area contributed by atoms with Gasteiger partial charge in [-0.25, -0.2) is 14.4 Å². The molecule has 0 saturated heterocycles. The topological polar surface area (TPSA) is 50.9 Å². The van der Waals surface area contributed by atoms with Gasteiger partial charge in [-0.1, -0.05) is 11.6 Å². The van der Waals surface area contributed by atoms with Crippen LogP contribution in [0.25, 0.3) is 22.6 Å². The van der Waals surface area contributed by atoms with Gasteiger partial charge < -0.3 is 9.67 Å². The minimum Gasteiger partial charge on any atom is -0.396 e. The first-order valence-corrected chi connectivity index (χ1v) is 6.95. The molecule has 3 aromatic rings. The summed E-state index contributed by atoms with van der Waals surface area (Å²) in [5.41, 5.74) is 2.18. The predicted octanol–water partition coefficient (Wildman–Crippen LogP) is 3.27. The van der Waals surface area contributed by atoms with E-state index >= 15 is 0 Å². The van der Waals surface area contributed by atoms with Gasteiger partial charge in [-0.3, -0.25) is 0 Å². The third-order valence-electron chi connectivity index (χ3n) is 3.19. The normalized spacial score (nSPS) is 11.2. The van der Waals surface area contributed by atoms with Crippen molar-refractivity contribution in [2.45, 2.75) is 13.0 Å². The smallest absolute Gasteiger partial charge is 0.160 e. The summed E-state index contributed by atoms with van der Waals surface area (Å²) in [5, 5.41) is 9.57. The molecule has 0 fully saturated rings. The van der Waals surface area contributed by atoms with Crippen molar-refractivity contribution in [3.63, 3.8) is 0 Å². The number of fused-ring (bicyclic) bond motifs is 1. The Morgan fingerprint density at radius 1 is 1.24 bits per heavy atom. The number of rotatable bonds is 4. The number of nitrogens with zero attached hydrogens (tertiary/aromatic N) is 3. The highest BCUT2D eigenvalue weighted by Crippen LogP contribution is 2.25. The highest BCUT2D eigenvalue weighted by molar-refractivity contribution is 6.31. The van der Waals surface area contributed by atoms with E-state index in [0.717, 1.165) is 5.56 Å². The highest BCUT2D eigenvalue weighted by Gasteiger charge is 2.14. The number of pyridine rings is 1. The van der Waals surface area contributed by atoms with Crippen LogP contribution in [-0.4, -0.2) is 26.2 Å². The Kier molecular flexibility index (Phi) is 3.86. The first-order valence-electron chi connectivity index (χ1n) is 6.57. The van der Waals surface area contributed by atoms with Gasteiger partial charge in [-0.2, -0.15) is 0 Å². The van der Waals surface area contributed by atoms with Crippen molar-refractivity contribution in [1.29, 1.82) is 0 Å². The molecule has 0 amide bonds. The van der Waals surface area contributed by atoms with E-state index in [1.807, 2.05) is 4.57 Å². The van der Waals surface area contributed by atoms with Crippen LogP contribution in [0.15, 0.2) is 36.5 Å². The number of halogens is 2. The second kappa shape index (κ2) is 5.79. The monoisotopic (exact) mass is 305 g/mol. The number of aliphatic hydroxyl groups excluding tert-OH is 1. The standard InChI is InChI=1S/C15H13ClFN3O/c16-11-8-13-15(18-9-11)20(6-1-7-21)14(19-13)10-2-4-12(17)5-3-10/h2-5,8-9,21H,1,6-7H2. The molecular formula is C15H13ClFN3O. The number of hydrogen-bond donors (Lipinski definition) is 1. The van der Waals surface area contributed by atoms with E-state index in [2.05, 4.69) is 9.97 Å². The highest BCUT2D eigenvalue weighted by atomic mass is 35.5. The van der Waals surface area contributed by atoms with Gasteiger partial charge in [-0.05, 0) is 36.8 Å². The van der Waals surface area contributed by atoms with E-state index in [0.29, 0.717) is 35.0 Å². The van der Waals surface area contributed by atoms with Crippen LogP contribution in [0.5, 0.6) is 0 Å². The fraction of sp³-hybridized carbons (Fsp3) is 0.200. The molecule has 0 radical (unpaired) electrons. The Labute approximate surface area is 125 Å². The molecule has 0 aliphatic rings. The molecule has 0 unspecified atom stereocenters. The molecule has 3 rings (SSSR count). The van der Waals surface area contributed by atoms with Crippen LogP contribution in [0, 0.1) is 5.82 Å². The van der Waals surface area contributed by atoms with Crippen molar-refractivity contribution in [2.24, 2.45) is 0 Å². The number of aliphatic hydroxyl groups is 1. The fourth-order valence-electron chi connectivity index (χ4n) is 2.25. The Hall–Kier alpha value is -1.98. The average Bonchev–Trinajstić information content (AvgIpc) is 2.83.